The first kappa shape index (κ1) is 18.3. The molecular formula is C17H35N3O. The molecule has 124 valence electrons. The van der Waals surface area contributed by atoms with Gasteiger partial charge in [0.05, 0.1) is 6.10 Å². The average molecular weight is 297 g/mol. The van der Waals surface area contributed by atoms with Crippen LogP contribution in [-0.4, -0.2) is 38.3 Å². The van der Waals surface area contributed by atoms with E-state index in [0.717, 1.165) is 25.5 Å². The summed E-state index contributed by atoms with van der Waals surface area (Å²) in [5.41, 5.74) is 0. The zero-order chi connectivity index (χ0) is 15.3. The van der Waals surface area contributed by atoms with Gasteiger partial charge < -0.3 is 15.4 Å². The predicted octanol–water partition coefficient (Wildman–Crippen LogP) is 3.47. The van der Waals surface area contributed by atoms with E-state index in [0.29, 0.717) is 12.1 Å². The predicted molar refractivity (Wildman–Crippen MR) is 90.9 cm³/mol. The van der Waals surface area contributed by atoms with Crippen molar-refractivity contribution in [1.29, 1.82) is 0 Å². The summed E-state index contributed by atoms with van der Waals surface area (Å²) in [6, 6.07) is 0.472. The Balaban J connectivity index is 1.93. The molecule has 1 unspecified atom stereocenters. The molecule has 0 bridgehead atoms. The van der Waals surface area contributed by atoms with Gasteiger partial charge in [0, 0.05) is 26.2 Å². The van der Waals surface area contributed by atoms with Crippen molar-refractivity contribution in [2.75, 3.05) is 20.2 Å². The fraction of sp³-hybridized carbons (Fsp3) is 0.941. The number of nitrogens with zero attached hydrogens (tertiary/aromatic N) is 1. The van der Waals surface area contributed by atoms with Gasteiger partial charge in [-0.15, -0.1) is 0 Å². The lowest BCUT2D eigenvalue weighted by Crippen LogP contribution is -2.42. The molecule has 0 amide bonds. The molecule has 0 heterocycles. The summed E-state index contributed by atoms with van der Waals surface area (Å²) in [6.07, 6.45) is 11.9. The Morgan fingerprint density at radius 1 is 1.19 bits per heavy atom. The highest BCUT2D eigenvalue weighted by Crippen LogP contribution is 2.20. The van der Waals surface area contributed by atoms with Crippen molar-refractivity contribution in [3.63, 3.8) is 0 Å². The first-order chi connectivity index (χ1) is 10.3. The van der Waals surface area contributed by atoms with Crippen LogP contribution in [0.5, 0.6) is 0 Å². The highest BCUT2D eigenvalue weighted by Gasteiger charge is 2.12. The Morgan fingerprint density at radius 2 is 1.95 bits per heavy atom. The largest absolute Gasteiger partial charge is 0.378 e. The van der Waals surface area contributed by atoms with Crippen molar-refractivity contribution in [3.05, 3.63) is 0 Å². The second-order valence-corrected chi connectivity index (χ2v) is 6.14. The minimum absolute atomic E-state index is 0.472. The Bertz CT molecular complexity index is 275. The van der Waals surface area contributed by atoms with Crippen molar-refractivity contribution >= 4 is 5.96 Å². The number of unbranched alkanes of at least 4 members (excludes halogenated alkanes) is 2. The SMILES string of the molecule is CCC(C)NC(=NC)NCCCCCOC1CCCCC1. The molecule has 0 aromatic carbocycles. The van der Waals surface area contributed by atoms with Crippen LogP contribution in [0.15, 0.2) is 4.99 Å². The zero-order valence-corrected chi connectivity index (χ0v) is 14.3. The number of ether oxygens (including phenoxy) is 1. The van der Waals surface area contributed by atoms with E-state index in [4.69, 9.17) is 4.74 Å². The van der Waals surface area contributed by atoms with E-state index in [1.54, 1.807) is 0 Å². The van der Waals surface area contributed by atoms with Crippen LogP contribution in [0.25, 0.3) is 0 Å². The number of guanidine groups is 1. The Labute approximate surface area is 131 Å². The molecule has 1 rings (SSSR count). The van der Waals surface area contributed by atoms with Gasteiger partial charge in [0.2, 0.25) is 0 Å². The summed E-state index contributed by atoms with van der Waals surface area (Å²) < 4.78 is 5.94. The van der Waals surface area contributed by atoms with Gasteiger partial charge in [0.1, 0.15) is 0 Å². The third kappa shape index (κ3) is 8.97. The molecule has 1 aliphatic carbocycles. The van der Waals surface area contributed by atoms with Gasteiger partial charge in [0.25, 0.3) is 0 Å². The molecule has 1 aliphatic rings. The maximum absolute atomic E-state index is 5.94. The van der Waals surface area contributed by atoms with Crippen LogP contribution in [0.4, 0.5) is 0 Å². The maximum Gasteiger partial charge on any atom is 0.191 e. The molecule has 2 N–H and O–H groups in total. The number of nitrogens with one attached hydrogen (secondary N) is 2. The zero-order valence-electron chi connectivity index (χ0n) is 14.3. The molecule has 1 saturated carbocycles. The van der Waals surface area contributed by atoms with Gasteiger partial charge in [-0.05, 0) is 45.4 Å². The van der Waals surface area contributed by atoms with Gasteiger partial charge >= 0.3 is 0 Å². The van der Waals surface area contributed by atoms with Gasteiger partial charge in [-0.25, -0.2) is 0 Å². The fourth-order valence-electron chi connectivity index (χ4n) is 2.62. The van der Waals surface area contributed by atoms with E-state index in [1.807, 2.05) is 7.05 Å². The van der Waals surface area contributed by atoms with E-state index in [9.17, 15) is 0 Å². The Hall–Kier alpha value is -0.770. The molecule has 0 radical (unpaired) electrons. The second-order valence-electron chi connectivity index (χ2n) is 6.14. The molecular weight excluding hydrogens is 262 g/mol. The number of aliphatic imine (C=N–C) groups is 1. The molecule has 0 aromatic heterocycles. The van der Waals surface area contributed by atoms with Crippen molar-refractivity contribution in [3.8, 4) is 0 Å². The topological polar surface area (TPSA) is 45.7 Å². The summed E-state index contributed by atoms with van der Waals surface area (Å²) >= 11 is 0. The highest BCUT2D eigenvalue weighted by atomic mass is 16.5. The summed E-state index contributed by atoms with van der Waals surface area (Å²) in [6.45, 7) is 6.27. The molecule has 1 atom stereocenters. The van der Waals surface area contributed by atoms with E-state index in [1.165, 1.54) is 51.4 Å². The standard InChI is InChI=1S/C17H35N3O/c1-4-15(2)20-17(18-3)19-13-9-6-10-14-21-16-11-7-5-8-12-16/h15-16H,4-14H2,1-3H3,(H2,18,19,20). The minimum atomic E-state index is 0.472. The van der Waals surface area contributed by atoms with Crippen molar-refractivity contribution in [2.24, 2.45) is 4.99 Å². The molecule has 0 spiro atoms. The quantitative estimate of drug-likeness (QED) is 0.389. The van der Waals surface area contributed by atoms with Crippen LogP contribution in [0, 0.1) is 0 Å². The van der Waals surface area contributed by atoms with Crippen LogP contribution in [0.2, 0.25) is 0 Å². The molecule has 4 nitrogen and oxygen atoms in total. The minimum Gasteiger partial charge on any atom is -0.378 e. The molecule has 1 fully saturated rings. The van der Waals surface area contributed by atoms with Crippen molar-refractivity contribution in [2.45, 2.75) is 83.8 Å². The first-order valence-electron chi connectivity index (χ1n) is 8.85. The smallest absolute Gasteiger partial charge is 0.191 e. The lowest BCUT2D eigenvalue weighted by molar-refractivity contribution is 0.0264. The van der Waals surface area contributed by atoms with E-state index in [-0.39, 0.29) is 0 Å². The molecule has 0 aliphatic heterocycles. The van der Waals surface area contributed by atoms with Crippen molar-refractivity contribution < 1.29 is 4.74 Å². The van der Waals surface area contributed by atoms with E-state index < -0.39 is 0 Å². The number of rotatable bonds is 9. The molecule has 0 aromatic rings. The fourth-order valence-corrected chi connectivity index (χ4v) is 2.62. The van der Waals surface area contributed by atoms with Crippen LogP contribution in [0.1, 0.15) is 71.6 Å². The summed E-state index contributed by atoms with van der Waals surface area (Å²) in [4.78, 5) is 4.24. The Morgan fingerprint density at radius 3 is 2.62 bits per heavy atom. The Kier molecular flexibility index (Phi) is 10.3. The average Bonchev–Trinajstić information content (AvgIpc) is 2.53. The summed E-state index contributed by atoms with van der Waals surface area (Å²) in [5.74, 6) is 0.919. The van der Waals surface area contributed by atoms with Gasteiger partial charge in [-0.1, -0.05) is 26.2 Å². The molecule has 0 saturated heterocycles. The maximum atomic E-state index is 5.94. The van der Waals surface area contributed by atoms with Crippen LogP contribution in [0.3, 0.4) is 0 Å². The lowest BCUT2D eigenvalue weighted by atomic mass is 9.98. The van der Waals surface area contributed by atoms with Crippen molar-refractivity contribution in [1.82, 2.24) is 10.6 Å². The first-order valence-corrected chi connectivity index (χ1v) is 8.85. The van der Waals surface area contributed by atoms with E-state index >= 15 is 0 Å². The van der Waals surface area contributed by atoms with Gasteiger partial charge in [-0.3, -0.25) is 4.99 Å². The van der Waals surface area contributed by atoms with Gasteiger partial charge in [-0.2, -0.15) is 0 Å². The number of hydrogen-bond acceptors (Lipinski definition) is 2. The summed E-state index contributed by atoms with van der Waals surface area (Å²) in [7, 11) is 1.83. The second kappa shape index (κ2) is 11.8. The summed E-state index contributed by atoms with van der Waals surface area (Å²) in [5, 5.41) is 6.75. The highest BCUT2D eigenvalue weighted by molar-refractivity contribution is 5.79. The van der Waals surface area contributed by atoms with Crippen LogP contribution in [-0.2, 0) is 4.74 Å². The van der Waals surface area contributed by atoms with Crippen LogP contribution >= 0.6 is 0 Å². The molecule has 4 heteroatoms. The van der Waals surface area contributed by atoms with Gasteiger partial charge in [0.15, 0.2) is 5.96 Å². The normalized spacial score (nSPS) is 18.5. The monoisotopic (exact) mass is 297 g/mol. The molecule has 21 heavy (non-hydrogen) atoms. The third-order valence-electron chi connectivity index (χ3n) is 4.24. The third-order valence-corrected chi connectivity index (χ3v) is 4.24. The van der Waals surface area contributed by atoms with E-state index in [2.05, 4.69) is 29.5 Å². The van der Waals surface area contributed by atoms with Crippen LogP contribution < -0.4 is 10.6 Å². The lowest BCUT2D eigenvalue weighted by Gasteiger charge is -2.21. The number of hydrogen-bond donors (Lipinski definition) is 2.